The third-order valence-corrected chi connectivity index (χ3v) is 3.61. The summed E-state index contributed by atoms with van der Waals surface area (Å²) in [4.78, 5) is 11.4. The Morgan fingerprint density at radius 1 is 0.645 bits per heavy atom. The molecule has 0 aliphatic rings. The van der Waals surface area contributed by atoms with Crippen molar-refractivity contribution in [3.8, 4) is 0 Å². The molecule has 0 heterocycles. The van der Waals surface area contributed by atoms with Crippen LogP contribution in [0.1, 0.15) is 26.3 Å². The molecule has 0 spiro atoms. The summed E-state index contributed by atoms with van der Waals surface area (Å²) in [6.07, 6.45) is 0. The average molecular weight is 443 g/mol. The highest BCUT2D eigenvalue weighted by Crippen LogP contribution is 2.06. The second kappa shape index (κ2) is 18.1. The number of benzene rings is 1. The molecule has 0 aromatic heterocycles. The first-order chi connectivity index (χ1) is 15.0. The molecule has 0 saturated heterocycles. The Hall–Kier alpha value is -1.55. The third-order valence-electron chi connectivity index (χ3n) is 3.61. The highest BCUT2D eigenvalue weighted by Gasteiger charge is 2.15. The SMILES string of the molecule is CC(C)(C)OC(=O)COCCOCCOCCOCCOCCOCc1ccccc1. The van der Waals surface area contributed by atoms with Gasteiger partial charge in [0.15, 0.2) is 0 Å². The average Bonchev–Trinajstić information content (AvgIpc) is 2.72. The van der Waals surface area contributed by atoms with Gasteiger partial charge in [-0.1, -0.05) is 30.3 Å². The summed E-state index contributed by atoms with van der Waals surface area (Å²) < 4.78 is 37.5. The first-order valence-corrected chi connectivity index (χ1v) is 10.7. The van der Waals surface area contributed by atoms with E-state index in [9.17, 15) is 4.79 Å². The molecule has 31 heavy (non-hydrogen) atoms. The van der Waals surface area contributed by atoms with Gasteiger partial charge in [0.05, 0.1) is 72.7 Å². The minimum atomic E-state index is -0.497. The number of hydrogen-bond acceptors (Lipinski definition) is 8. The van der Waals surface area contributed by atoms with E-state index in [-0.39, 0.29) is 12.6 Å². The Balaban J connectivity index is 1.72. The lowest BCUT2D eigenvalue weighted by atomic mass is 10.2. The molecule has 1 rings (SSSR count). The van der Waals surface area contributed by atoms with Gasteiger partial charge >= 0.3 is 5.97 Å². The molecule has 0 fully saturated rings. The molecule has 0 atom stereocenters. The maximum Gasteiger partial charge on any atom is 0.332 e. The van der Waals surface area contributed by atoms with Gasteiger partial charge in [0.1, 0.15) is 12.2 Å². The van der Waals surface area contributed by atoms with E-state index in [1.165, 1.54) is 0 Å². The van der Waals surface area contributed by atoms with Crippen LogP contribution < -0.4 is 0 Å². The molecular weight excluding hydrogens is 404 g/mol. The summed E-state index contributed by atoms with van der Waals surface area (Å²) in [7, 11) is 0. The first kappa shape index (κ1) is 27.5. The standard InChI is InChI=1S/C23H38O8/c1-23(2,3)31-22(24)20-30-18-16-28-14-12-26-10-9-25-11-13-27-15-17-29-19-21-7-5-4-6-8-21/h4-8H,9-20H2,1-3H3. The molecule has 0 aliphatic heterocycles. The van der Waals surface area contributed by atoms with Crippen LogP contribution in [0.25, 0.3) is 0 Å². The fourth-order valence-corrected chi connectivity index (χ4v) is 2.29. The predicted molar refractivity (Wildman–Crippen MR) is 116 cm³/mol. The van der Waals surface area contributed by atoms with Crippen molar-refractivity contribution in [2.75, 3.05) is 72.7 Å². The lowest BCUT2D eigenvalue weighted by molar-refractivity contribution is -0.160. The number of carbonyl (C=O) groups excluding carboxylic acids is 1. The lowest BCUT2D eigenvalue weighted by Gasteiger charge is -2.19. The van der Waals surface area contributed by atoms with Crippen LogP contribution in [-0.2, 0) is 44.6 Å². The number of carbonyl (C=O) groups is 1. The fraction of sp³-hybridized carbons (Fsp3) is 0.696. The molecule has 178 valence electrons. The molecule has 0 aliphatic carbocycles. The summed E-state index contributed by atoms with van der Waals surface area (Å²) in [5.74, 6) is -0.377. The van der Waals surface area contributed by atoms with Gasteiger partial charge in [-0.2, -0.15) is 0 Å². The van der Waals surface area contributed by atoms with E-state index < -0.39 is 5.60 Å². The normalized spacial score (nSPS) is 11.6. The molecule has 0 amide bonds. The predicted octanol–water partition coefficient (Wildman–Crippen LogP) is 2.63. The van der Waals surface area contributed by atoms with E-state index in [1.807, 2.05) is 51.1 Å². The van der Waals surface area contributed by atoms with Crippen molar-refractivity contribution >= 4 is 5.97 Å². The second-order valence-electron chi connectivity index (χ2n) is 7.63. The van der Waals surface area contributed by atoms with Gasteiger partial charge in [0.25, 0.3) is 0 Å². The topological polar surface area (TPSA) is 81.7 Å². The minimum Gasteiger partial charge on any atom is -0.458 e. The molecule has 1 aromatic carbocycles. The quantitative estimate of drug-likeness (QED) is 0.239. The summed E-state index contributed by atoms with van der Waals surface area (Å²) >= 11 is 0. The highest BCUT2D eigenvalue weighted by molar-refractivity contribution is 5.71. The summed E-state index contributed by atoms with van der Waals surface area (Å²) in [5, 5.41) is 0. The first-order valence-electron chi connectivity index (χ1n) is 10.7. The molecule has 1 aromatic rings. The smallest absolute Gasteiger partial charge is 0.332 e. The Morgan fingerprint density at radius 3 is 1.52 bits per heavy atom. The Labute approximate surface area is 186 Å². The van der Waals surface area contributed by atoms with Crippen LogP contribution in [0, 0.1) is 0 Å². The van der Waals surface area contributed by atoms with Crippen LogP contribution in [0.3, 0.4) is 0 Å². The maximum absolute atomic E-state index is 11.4. The van der Waals surface area contributed by atoms with Crippen molar-refractivity contribution < 1.29 is 38.0 Å². The third kappa shape index (κ3) is 18.9. The van der Waals surface area contributed by atoms with E-state index >= 15 is 0 Å². The summed E-state index contributed by atoms with van der Waals surface area (Å²) in [6.45, 7) is 10.8. The minimum absolute atomic E-state index is 0.0705. The lowest BCUT2D eigenvalue weighted by Crippen LogP contribution is -2.27. The zero-order valence-corrected chi connectivity index (χ0v) is 19.1. The van der Waals surface area contributed by atoms with Crippen LogP contribution in [0.5, 0.6) is 0 Å². The summed E-state index contributed by atoms with van der Waals surface area (Å²) in [6, 6.07) is 10.0. The Kier molecular flexibility index (Phi) is 16.0. The Bertz CT molecular complexity index is 544. The van der Waals surface area contributed by atoms with E-state index in [0.29, 0.717) is 72.7 Å². The largest absolute Gasteiger partial charge is 0.458 e. The number of hydrogen-bond donors (Lipinski definition) is 0. The molecule has 0 N–H and O–H groups in total. The van der Waals surface area contributed by atoms with Gasteiger partial charge in [-0.05, 0) is 26.3 Å². The number of ether oxygens (including phenoxy) is 7. The van der Waals surface area contributed by atoms with Crippen molar-refractivity contribution in [1.82, 2.24) is 0 Å². The van der Waals surface area contributed by atoms with Crippen LogP contribution in [0.4, 0.5) is 0 Å². The van der Waals surface area contributed by atoms with Crippen molar-refractivity contribution in [2.24, 2.45) is 0 Å². The van der Waals surface area contributed by atoms with Crippen LogP contribution in [0.15, 0.2) is 30.3 Å². The van der Waals surface area contributed by atoms with E-state index in [2.05, 4.69) is 0 Å². The van der Waals surface area contributed by atoms with Crippen LogP contribution in [0.2, 0.25) is 0 Å². The van der Waals surface area contributed by atoms with Crippen molar-refractivity contribution in [3.05, 3.63) is 35.9 Å². The number of esters is 1. The second-order valence-corrected chi connectivity index (χ2v) is 7.63. The molecule has 8 heteroatoms. The van der Waals surface area contributed by atoms with Gasteiger partial charge in [0, 0.05) is 0 Å². The van der Waals surface area contributed by atoms with Gasteiger partial charge in [-0.15, -0.1) is 0 Å². The Morgan fingerprint density at radius 2 is 1.06 bits per heavy atom. The van der Waals surface area contributed by atoms with Crippen LogP contribution in [-0.4, -0.2) is 84.2 Å². The zero-order chi connectivity index (χ0) is 22.6. The fourth-order valence-electron chi connectivity index (χ4n) is 2.29. The van der Waals surface area contributed by atoms with Crippen LogP contribution >= 0.6 is 0 Å². The van der Waals surface area contributed by atoms with E-state index in [1.54, 1.807) is 0 Å². The van der Waals surface area contributed by atoms with Gasteiger partial charge in [0.2, 0.25) is 0 Å². The highest BCUT2D eigenvalue weighted by atomic mass is 16.6. The molecule has 0 unspecified atom stereocenters. The zero-order valence-electron chi connectivity index (χ0n) is 19.1. The molecule has 8 nitrogen and oxygen atoms in total. The van der Waals surface area contributed by atoms with Gasteiger partial charge < -0.3 is 33.2 Å². The maximum atomic E-state index is 11.4. The van der Waals surface area contributed by atoms with Crippen molar-refractivity contribution in [2.45, 2.75) is 33.0 Å². The monoisotopic (exact) mass is 442 g/mol. The number of rotatable bonds is 19. The molecular formula is C23H38O8. The van der Waals surface area contributed by atoms with Gasteiger partial charge in [-0.3, -0.25) is 0 Å². The molecule has 0 radical (unpaired) electrons. The summed E-state index contributed by atoms with van der Waals surface area (Å²) in [5.41, 5.74) is 0.658. The van der Waals surface area contributed by atoms with Crippen molar-refractivity contribution in [3.63, 3.8) is 0 Å². The van der Waals surface area contributed by atoms with E-state index in [0.717, 1.165) is 5.56 Å². The molecule has 0 saturated carbocycles. The van der Waals surface area contributed by atoms with E-state index in [4.69, 9.17) is 33.2 Å². The van der Waals surface area contributed by atoms with Gasteiger partial charge in [-0.25, -0.2) is 4.79 Å². The molecule has 0 bridgehead atoms. The van der Waals surface area contributed by atoms with Crippen molar-refractivity contribution in [1.29, 1.82) is 0 Å².